The van der Waals surface area contributed by atoms with Crippen LogP contribution in [-0.2, 0) is 6.61 Å². The molecule has 2 aromatic carbocycles. The summed E-state index contributed by atoms with van der Waals surface area (Å²) in [5, 5.41) is 5.68. The Hall–Kier alpha value is -3.39. The van der Waals surface area contributed by atoms with E-state index in [9.17, 15) is 4.39 Å². The van der Waals surface area contributed by atoms with Gasteiger partial charge in [0.1, 0.15) is 29.5 Å². The van der Waals surface area contributed by atoms with Crippen molar-refractivity contribution < 1.29 is 18.3 Å². The van der Waals surface area contributed by atoms with E-state index in [1.54, 1.807) is 30.0 Å². The fourth-order valence-electron chi connectivity index (χ4n) is 2.91. The number of rotatable bonds is 5. The van der Waals surface area contributed by atoms with Gasteiger partial charge in [-0.05, 0) is 47.2 Å². The maximum absolute atomic E-state index is 13.0. The molecule has 8 heteroatoms. The van der Waals surface area contributed by atoms with Gasteiger partial charge < -0.3 is 13.9 Å². The fraction of sp³-hybridized carbons (Fsp3) is 0.100. The lowest BCUT2D eigenvalue weighted by Gasteiger charge is -2.07. The molecular weight excluding hydrogens is 381 g/mol. The fourth-order valence-corrected chi connectivity index (χ4v) is 3.61. The zero-order chi connectivity index (χ0) is 19.1. The summed E-state index contributed by atoms with van der Waals surface area (Å²) in [7, 11) is 1.58. The van der Waals surface area contributed by atoms with Crippen molar-refractivity contribution in [3.05, 3.63) is 66.1 Å². The molecule has 5 aromatic rings. The van der Waals surface area contributed by atoms with E-state index < -0.39 is 0 Å². The molecule has 0 saturated carbocycles. The molecule has 0 fully saturated rings. The van der Waals surface area contributed by atoms with Crippen LogP contribution in [0.15, 0.2) is 59.1 Å². The minimum absolute atomic E-state index is 0.266. The average molecular weight is 395 g/mol. The number of hydrogen-bond acceptors (Lipinski definition) is 6. The summed E-state index contributed by atoms with van der Waals surface area (Å²) in [4.78, 5) is 5.27. The molecule has 5 rings (SSSR count). The van der Waals surface area contributed by atoms with Crippen LogP contribution >= 0.6 is 11.3 Å². The van der Waals surface area contributed by atoms with Crippen molar-refractivity contribution in [1.82, 2.24) is 14.6 Å². The smallest absolute Gasteiger partial charge is 0.294 e. The Balaban J connectivity index is 1.45. The molecule has 3 heterocycles. The van der Waals surface area contributed by atoms with Crippen LogP contribution in [0.2, 0.25) is 0 Å². The van der Waals surface area contributed by atoms with Crippen LogP contribution in [-0.4, -0.2) is 21.7 Å². The Morgan fingerprint density at radius 3 is 2.82 bits per heavy atom. The van der Waals surface area contributed by atoms with E-state index in [1.807, 2.05) is 24.3 Å². The number of imidazole rings is 1. The van der Waals surface area contributed by atoms with Crippen LogP contribution in [0.25, 0.3) is 27.4 Å². The van der Waals surface area contributed by atoms with Crippen molar-refractivity contribution in [2.45, 2.75) is 6.61 Å². The van der Waals surface area contributed by atoms with Crippen LogP contribution in [0.1, 0.15) is 5.56 Å². The molecule has 0 unspecified atom stereocenters. The summed E-state index contributed by atoms with van der Waals surface area (Å²) >= 11 is 1.36. The summed E-state index contributed by atoms with van der Waals surface area (Å²) in [5.41, 5.74) is 2.27. The van der Waals surface area contributed by atoms with E-state index >= 15 is 0 Å². The molecule has 6 nitrogen and oxygen atoms in total. The van der Waals surface area contributed by atoms with Gasteiger partial charge in [0.25, 0.3) is 5.19 Å². The first-order chi connectivity index (χ1) is 13.7. The van der Waals surface area contributed by atoms with Gasteiger partial charge in [-0.1, -0.05) is 18.2 Å². The topological polar surface area (TPSA) is 61.8 Å². The number of fused-ring (bicyclic) bond motifs is 2. The summed E-state index contributed by atoms with van der Waals surface area (Å²) < 4.78 is 31.7. The molecule has 0 aliphatic rings. The predicted molar refractivity (Wildman–Crippen MR) is 103 cm³/mol. The Bertz CT molecular complexity index is 1240. The molecule has 3 aromatic heterocycles. The van der Waals surface area contributed by atoms with Crippen LogP contribution in [0.4, 0.5) is 4.39 Å². The Morgan fingerprint density at radius 1 is 1.18 bits per heavy atom. The number of methoxy groups -OCH3 is 1. The number of aromatic nitrogens is 3. The van der Waals surface area contributed by atoms with E-state index in [0.29, 0.717) is 34.6 Å². The number of nitrogens with zero attached hydrogens (tertiary/aromatic N) is 3. The van der Waals surface area contributed by atoms with Gasteiger partial charge in [-0.15, -0.1) is 5.10 Å². The summed E-state index contributed by atoms with van der Waals surface area (Å²) in [6.45, 7) is 0.337. The third-order valence-electron chi connectivity index (χ3n) is 4.28. The predicted octanol–water partition coefficient (Wildman–Crippen LogP) is 4.93. The molecule has 0 amide bonds. The molecule has 0 bridgehead atoms. The number of furan rings is 1. The SMILES string of the molecule is COc1nn2cc(-c3cc4c(OCc5ccc(F)cc5)cccc4o3)nc2s1. The molecule has 28 heavy (non-hydrogen) atoms. The van der Waals surface area contributed by atoms with E-state index in [1.165, 1.54) is 23.5 Å². The minimum atomic E-state index is -0.266. The molecule has 0 atom stereocenters. The first kappa shape index (κ1) is 16.8. The lowest BCUT2D eigenvalue weighted by atomic mass is 10.2. The quantitative estimate of drug-likeness (QED) is 0.422. The second kappa shape index (κ2) is 6.65. The number of benzene rings is 2. The van der Waals surface area contributed by atoms with Gasteiger partial charge in [0.05, 0.1) is 18.7 Å². The highest BCUT2D eigenvalue weighted by Crippen LogP contribution is 2.34. The molecule has 0 spiro atoms. The average Bonchev–Trinajstić information content (AvgIpc) is 3.39. The molecule has 0 aliphatic carbocycles. The molecular formula is C20H14FN3O3S. The Kier molecular flexibility index (Phi) is 3.98. The summed E-state index contributed by atoms with van der Waals surface area (Å²) in [6, 6.07) is 13.8. The number of halogens is 1. The van der Waals surface area contributed by atoms with Crippen LogP contribution in [0.3, 0.4) is 0 Å². The van der Waals surface area contributed by atoms with Gasteiger partial charge in [-0.2, -0.15) is 0 Å². The van der Waals surface area contributed by atoms with Gasteiger partial charge in [-0.3, -0.25) is 0 Å². The third-order valence-corrected chi connectivity index (χ3v) is 5.16. The van der Waals surface area contributed by atoms with E-state index in [-0.39, 0.29) is 5.82 Å². The van der Waals surface area contributed by atoms with Gasteiger partial charge in [0.15, 0.2) is 5.76 Å². The highest BCUT2D eigenvalue weighted by Gasteiger charge is 2.15. The van der Waals surface area contributed by atoms with Crippen LogP contribution < -0.4 is 9.47 Å². The van der Waals surface area contributed by atoms with Crippen LogP contribution in [0.5, 0.6) is 10.9 Å². The summed E-state index contributed by atoms with van der Waals surface area (Å²) in [5.74, 6) is 1.06. The van der Waals surface area contributed by atoms with Crippen molar-refractivity contribution in [3.63, 3.8) is 0 Å². The number of hydrogen-bond donors (Lipinski definition) is 0. The monoisotopic (exact) mass is 395 g/mol. The third kappa shape index (κ3) is 2.97. The summed E-state index contributed by atoms with van der Waals surface area (Å²) in [6.07, 6.45) is 1.80. The van der Waals surface area contributed by atoms with Crippen LogP contribution in [0, 0.1) is 5.82 Å². The van der Waals surface area contributed by atoms with Crippen molar-refractivity contribution in [1.29, 1.82) is 0 Å². The highest BCUT2D eigenvalue weighted by molar-refractivity contribution is 7.18. The highest BCUT2D eigenvalue weighted by atomic mass is 32.1. The Morgan fingerprint density at radius 2 is 2.04 bits per heavy atom. The van der Waals surface area contributed by atoms with Gasteiger partial charge >= 0.3 is 0 Å². The first-order valence-corrected chi connectivity index (χ1v) is 9.31. The lowest BCUT2D eigenvalue weighted by molar-refractivity contribution is 0.310. The molecule has 0 radical (unpaired) electrons. The second-order valence-electron chi connectivity index (χ2n) is 6.12. The standard InChI is InChI=1S/C20H14FN3O3S/c1-25-20-23-24-10-15(22-19(24)28-20)18-9-14-16(3-2-4-17(14)27-18)26-11-12-5-7-13(21)8-6-12/h2-10H,11H2,1H3. The zero-order valence-corrected chi connectivity index (χ0v) is 15.6. The first-order valence-electron chi connectivity index (χ1n) is 8.50. The maximum atomic E-state index is 13.0. The Labute approximate surface area is 162 Å². The lowest BCUT2D eigenvalue weighted by Crippen LogP contribution is -1.95. The molecule has 0 saturated heterocycles. The van der Waals surface area contributed by atoms with E-state index in [2.05, 4.69) is 10.1 Å². The molecule has 0 aliphatic heterocycles. The molecule has 140 valence electrons. The van der Waals surface area contributed by atoms with Gasteiger partial charge in [-0.25, -0.2) is 13.9 Å². The van der Waals surface area contributed by atoms with Crippen molar-refractivity contribution in [3.8, 4) is 22.4 Å². The molecule has 0 N–H and O–H groups in total. The second-order valence-corrected chi connectivity index (χ2v) is 7.04. The van der Waals surface area contributed by atoms with Crippen molar-refractivity contribution in [2.24, 2.45) is 0 Å². The van der Waals surface area contributed by atoms with E-state index in [0.717, 1.165) is 15.9 Å². The minimum Gasteiger partial charge on any atom is -0.488 e. The zero-order valence-electron chi connectivity index (χ0n) is 14.8. The number of ether oxygens (including phenoxy) is 2. The van der Waals surface area contributed by atoms with Gasteiger partial charge in [0.2, 0.25) is 4.96 Å². The largest absolute Gasteiger partial charge is 0.488 e. The normalized spacial score (nSPS) is 11.4. The maximum Gasteiger partial charge on any atom is 0.294 e. The van der Waals surface area contributed by atoms with Crippen molar-refractivity contribution in [2.75, 3.05) is 7.11 Å². The van der Waals surface area contributed by atoms with Gasteiger partial charge in [0, 0.05) is 0 Å². The van der Waals surface area contributed by atoms with Crippen molar-refractivity contribution >= 4 is 27.3 Å². The van der Waals surface area contributed by atoms with E-state index in [4.69, 9.17) is 13.9 Å².